The van der Waals surface area contributed by atoms with E-state index in [1.54, 1.807) is 23.6 Å². The maximum Gasteiger partial charge on any atom is 0.268 e. The van der Waals surface area contributed by atoms with Crippen LogP contribution >= 0.6 is 11.6 Å². The van der Waals surface area contributed by atoms with Crippen molar-refractivity contribution in [2.75, 3.05) is 0 Å². The van der Waals surface area contributed by atoms with Gasteiger partial charge in [0.15, 0.2) is 0 Å². The number of aromatic hydroxyl groups is 1. The first-order chi connectivity index (χ1) is 10.4. The van der Waals surface area contributed by atoms with Crippen molar-refractivity contribution < 1.29 is 15.0 Å². The number of nitrogens with two attached hydrogens (primary N) is 1. The van der Waals surface area contributed by atoms with E-state index in [0.29, 0.717) is 17.9 Å². The molecule has 0 spiro atoms. The number of carbonyl (C=O) groups excluding carboxylic acids is 1. The number of nitrogens with zero attached hydrogens (tertiary/aromatic N) is 2. The van der Waals surface area contributed by atoms with Gasteiger partial charge in [-0.25, -0.2) is 4.98 Å². The van der Waals surface area contributed by atoms with Crippen molar-refractivity contribution in [1.82, 2.24) is 9.55 Å². The van der Waals surface area contributed by atoms with Gasteiger partial charge in [-0.2, -0.15) is 0 Å². The average molecular weight is 324 g/mol. The first-order valence-corrected chi connectivity index (χ1v) is 7.25. The zero-order chi connectivity index (χ0) is 16.3. The van der Waals surface area contributed by atoms with Crippen molar-refractivity contribution in [2.45, 2.75) is 31.9 Å². The van der Waals surface area contributed by atoms with Gasteiger partial charge >= 0.3 is 0 Å². The summed E-state index contributed by atoms with van der Waals surface area (Å²) in [7, 11) is 0. The van der Waals surface area contributed by atoms with Crippen molar-refractivity contribution in [1.29, 1.82) is 0 Å². The Hall–Kier alpha value is -2.05. The van der Waals surface area contributed by atoms with Crippen LogP contribution in [0, 0.1) is 0 Å². The van der Waals surface area contributed by atoms with E-state index >= 15 is 0 Å². The van der Waals surface area contributed by atoms with Crippen LogP contribution in [-0.4, -0.2) is 31.8 Å². The Bertz CT molecular complexity index is 670. The van der Waals surface area contributed by atoms with Gasteiger partial charge in [0, 0.05) is 11.2 Å². The molecule has 0 bridgehead atoms. The third kappa shape index (κ3) is 3.78. The lowest BCUT2D eigenvalue weighted by Gasteiger charge is -2.21. The molecule has 6 nitrogen and oxygen atoms in total. The molecule has 2 atom stereocenters. The molecule has 2 aromatic rings. The lowest BCUT2D eigenvalue weighted by atomic mass is 10.0. The van der Waals surface area contributed by atoms with Crippen LogP contribution in [0.1, 0.15) is 35.4 Å². The maximum absolute atomic E-state index is 11.1. The van der Waals surface area contributed by atoms with E-state index in [1.807, 2.05) is 0 Å². The number of aromatic nitrogens is 2. The van der Waals surface area contributed by atoms with Gasteiger partial charge in [0.25, 0.3) is 5.91 Å². The Kier molecular flexibility index (Phi) is 5.05. The molecule has 1 amide bonds. The number of aliphatic hydroxyl groups is 1. The molecule has 1 aromatic carbocycles. The van der Waals surface area contributed by atoms with Crippen LogP contribution in [-0.2, 0) is 6.42 Å². The number of phenols is 1. The number of rotatable bonds is 6. The Morgan fingerprint density at radius 1 is 1.50 bits per heavy atom. The highest BCUT2D eigenvalue weighted by atomic mass is 35.5. The number of primary amides is 1. The van der Waals surface area contributed by atoms with Crippen LogP contribution in [0.4, 0.5) is 0 Å². The number of aryl methyl sites for hydroxylation is 1. The topological polar surface area (TPSA) is 101 Å². The van der Waals surface area contributed by atoms with E-state index < -0.39 is 12.0 Å². The first kappa shape index (κ1) is 16.3. The van der Waals surface area contributed by atoms with Crippen LogP contribution < -0.4 is 5.73 Å². The molecule has 0 unspecified atom stereocenters. The second-order valence-electron chi connectivity index (χ2n) is 5.19. The Balaban J connectivity index is 2.13. The number of halogens is 1. The largest absolute Gasteiger partial charge is 0.508 e. The molecule has 0 aliphatic carbocycles. The van der Waals surface area contributed by atoms with Crippen LogP contribution in [0.2, 0.25) is 5.02 Å². The van der Waals surface area contributed by atoms with Gasteiger partial charge in [0.1, 0.15) is 11.4 Å². The summed E-state index contributed by atoms with van der Waals surface area (Å²) in [4.78, 5) is 15.0. The van der Waals surface area contributed by atoms with E-state index in [1.165, 1.54) is 18.6 Å². The van der Waals surface area contributed by atoms with Crippen molar-refractivity contribution in [2.24, 2.45) is 5.73 Å². The molecule has 0 aliphatic heterocycles. The van der Waals surface area contributed by atoms with Crippen LogP contribution in [0.5, 0.6) is 5.75 Å². The fraction of sp³-hybridized carbons (Fsp3) is 0.333. The van der Waals surface area contributed by atoms with Crippen molar-refractivity contribution in [3.63, 3.8) is 0 Å². The third-order valence-corrected chi connectivity index (χ3v) is 3.79. The van der Waals surface area contributed by atoms with Gasteiger partial charge < -0.3 is 20.5 Å². The molecule has 0 fully saturated rings. The van der Waals surface area contributed by atoms with Gasteiger partial charge in [-0.3, -0.25) is 4.79 Å². The zero-order valence-corrected chi connectivity index (χ0v) is 12.9. The highest BCUT2D eigenvalue weighted by molar-refractivity contribution is 6.30. The van der Waals surface area contributed by atoms with Crippen molar-refractivity contribution >= 4 is 17.5 Å². The predicted octanol–water partition coefficient (Wildman–Crippen LogP) is 1.90. The molecular formula is C15H18ClN3O3. The number of amides is 1. The number of carbonyl (C=O) groups is 1. The number of imidazole rings is 1. The molecular weight excluding hydrogens is 306 g/mol. The smallest absolute Gasteiger partial charge is 0.268 e. The number of hydrogen-bond acceptors (Lipinski definition) is 4. The lowest BCUT2D eigenvalue weighted by Crippen LogP contribution is -2.21. The van der Waals surface area contributed by atoms with E-state index in [2.05, 4.69) is 4.98 Å². The van der Waals surface area contributed by atoms with Crippen LogP contribution in [0.15, 0.2) is 30.7 Å². The predicted molar refractivity (Wildman–Crippen MR) is 82.9 cm³/mol. The minimum absolute atomic E-state index is 0.125. The fourth-order valence-corrected chi connectivity index (χ4v) is 2.50. The molecule has 1 aromatic heterocycles. The second kappa shape index (κ2) is 6.81. The fourth-order valence-electron chi connectivity index (χ4n) is 2.34. The number of benzene rings is 1. The summed E-state index contributed by atoms with van der Waals surface area (Å²) < 4.78 is 1.66. The summed E-state index contributed by atoms with van der Waals surface area (Å²) in [6, 6.07) is 4.66. The second-order valence-corrected chi connectivity index (χ2v) is 5.63. The molecule has 2 rings (SSSR count). The normalized spacial score (nSPS) is 13.8. The number of phenolic OH excluding ortho intramolecular Hbond substituents is 1. The van der Waals surface area contributed by atoms with Crippen molar-refractivity contribution in [3.05, 3.63) is 47.0 Å². The van der Waals surface area contributed by atoms with Crippen LogP contribution in [0.25, 0.3) is 0 Å². The van der Waals surface area contributed by atoms with Gasteiger partial charge in [-0.05, 0) is 37.5 Å². The van der Waals surface area contributed by atoms with Gasteiger partial charge in [-0.1, -0.05) is 17.7 Å². The first-order valence-electron chi connectivity index (χ1n) is 6.87. The van der Waals surface area contributed by atoms with E-state index in [0.717, 1.165) is 5.56 Å². The van der Waals surface area contributed by atoms with E-state index in [9.17, 15) is 15.0 Å². The summed E-state index contributed by atoms with van der Waals surface area (Å²) in [6.45, 7) is 1.66. The van der Waals surface area contributed by atoms with Gasteiger partial charge in [-0.15, -0.1) is 0 Å². The third-order valence-electron chi connectivity index (χ3n) is 3.55. The molecule has 0 saturated carbocycles. The molecule has 118 valence electrons. The van der Waals surface area contributed by atoms with Crippen LogP contribution in [0.3, 0.4) is 0 Å². The summed E-state index contributed by atoms with van der Waals surface area (Å²) in [5.41, 5.74) is 6.07. The Labute approximate surface area is 133 Å². The highest BCUT2D eigenvalue weighted by Crippen LogP contribution is 2.26. The molecule has 0 radical (unpaired) electrons. The van der Waals surface area contributed by atoms with Gasteiger partial charge in [0.05, 0.1) is 18.5 Å². The Morgan fingerprint density at radius 3 is 2.77 bits per heavy atom. The summed E-state index contributed by atoms with van der Waals surface area (Å²) in [5.74, 6) is -0.487. The zero-order valence-electron chi connectivity index (χ0n) is 12.1. The number of hydrogen-bond donors (Lipinski definition) is 3. The SMILES string of the molecule is C[C@H](O)[C@@H](CCc1ccc(Cl)cc1O)n1cnc(C(N)=O)c1. The molecule has 1 heterocycles. The van der Waals surface area contributed by atoms with Gasteiger partial charge in [0.2, 0.25) is 0 Å². The molecule has 4 N–H and O–H groups in total. The summed E-state index contributed by atoms with van der Waals surface area (Å²) in [6.07, 6.45) is 3.44. The molecule has 0 saturated heterocycles. The van der Waals surface area contributed by atoms with E-state index in [-0.39, 0.29) is 17.5 Å². The van der Waals surface area contributed by atoms with Crippen molar-refractivity contribution in [3.8, 4) is 5.75 Å². The minimum atomic E-state index is -0.649. The lowest BCUT2D eigenvalue weighted by molar-refractivity contribution is 0.0994. The summed E-state index contributed by atoms with van der Waals surface area (Å²) in [5, 5.41) is 20.3. The molecule has 7 heteroatoms. The van der Waals surface area contributed by atoms with E-state index in [4.69, 9.17) is 17.3 Å². The molecule has 22 heavy (non-hydrogen) atoms. The standard InChI is InChI=1S/C15H18ClN3O3/c1-9(20)13(19-7-12(15(17)22)18-8-19)5-3-10-2-4-11(16)6-14(10)21/h2,4,6-9,13,20-21H,3,5H2,1H3,(H2,17,22)/t9-,13+/m0/s1. The minimum Gasteiger partial charge on any atom is -0.508 e. The maximum atomic E-state index is 11.1. The number of aliphatic hydroxyl groups excluding tert-OH is 1. The highest BCUT2D eigenvalue weighted by Gasteiger charge is 2.19. The Morgan fingerprint density at radius 2 is 2.23 bits per heavy atom. The quantitative estimate of drug-likeness (QED) is 0.755. The molecule has 0 aliphatic rings. The average Bonchev–Trinajstić information content (AvgIpc) is 2.90. The monoisotopic (exact) mass is 323 g/mol. The summed E-state index contributed by atoms with van der Waals surface area (Å²) >= 11 is 5.80.